The van der Waals surface area contributed by atoms with Gasteiger partial charge in [0.2, 0.25) is 27.7 Å². The highest BCUT2D eigenvalue weighted by Crippen LogP contribution is 2.47. The van der Waals surface area contributed by atoms with Crippen molar-refractivity contribution in [1.82, 2.24) is 25.2 Å². The lowest BCUT2D eigenvalue weighted by molar-refractivity contribution is -0.153. The minimum absolute atomic E-state index is 0.0160. The largest absolute Gasteiger partial charge is 0.494 e. The first kappa shape index (κ1) is 42.9. The lowest BCUT2D eigenvalue weighted by atomic mass is 10.0. The van der Waals surface area contributed by atoms with Gasteiger partial charge in [0.05, 0.1) is 30.6 Å². The third-order valence-corrected chi connectivity index (χ3v) is 13.9. The van der Waals surface area contributed by atoms with E-state index in [0.717, 1.165) is 18.7 Å². The van der Waals surface area contributed by atoms with Crippen LogP contribution in [0, 0.1) is 11.7 Å². The van der Waals surface area contributed by atoms with Crippen molar-refractivity contribution in [3.05, 3.63) is 42.4 Å². The normalized spacial score (nSPS) is 28.9. The molecule has 7 atom stereocenters. The number of nitrogens with one attached hydrogen (secondary N) is 3. The second kappa shape index (κ2) is 15.5. The van der Waals surface area contributed by atoms with Crippen molar-refractivity contribution in [2.45, 2.75) is 132 Å². The van der Waals surface area contributed by atoms with Gasteiger partial charge in [-0.3, -0.25) is 19.1 Å². The highest BCUT2D eigenvalue weighted by molar-refractivity contribution is 7.91. The molecule has 19 heteroatoms. The molecule has 3 N–H and O–H groups in total. The van der Waals surface area contributed by atoms with Gasteiger partial charge >= 0.3 is 6.09 Å². The standard InChI is InChI=1S/C39H50F3N5O10S/c1-21-10-8-9-11-24-19-39(24,34(50)46-58(52,53)37(5)13-14-37)45-31(48)28-17-25(56-32-26-18-27(40)29(54-7)16-23(26)12-15-43-32)20-47(28)33(49)30(22(2)55-21)44-35(51)57-36(3,4)38(6,41)42/h9,11-12,15-16,18,21-22,24-25,28,30H,8,10,13-14,17,19-20H2,1-7H3,(H,44,51)(H,45,48)(H,46,50). The van der Waals surface area contributed by atoms with E-state index < -0.39 is 97.8 Å². The zero-order valence-corrected chi connectivity index (χ0v) is 34.2. The number of pyridine rings is 1. The fourth-order valence-electron chi connectivity index (χ4n) is 7.14. The number of ether oxygens (including phenoxy) is 4. The van der Waals surface area contributed by atoms with Crippen LogP contribution in [0.4, 0.5) is 18.0 Å². The topological polar surface area (TPSA) is 192 Å². The van der Waals surface area contributed by atoms with E-state index in [1.165, 1.54) is 39.3 Å². The number of sulfonamides is 1. The van der Waals surface area contributed by atoms with E-state index in [-0.39, 0.29) is 36.4 Å². The Labute approximate surface area is 334 Å². The molecule has 0 radical (unpaired) electrons. The number of benzene rings is 1. The monoisotopic (exact) mass is 837 g/mol. The van der Waals surface area contributed by atoms with Crippen molar-refractivity contribution in [3.8, 4) is 11.6 Å². The third kappa shape index (κ3) is 8.56. The summed E-state index contributed by atoms with van der Waals surface area (Å²) in [4.78, 5) is 61.7. The maximum atomic E-state index is 14.9. The maximum absolute atomic E-state index is 14.9. The van der Waals surface area contributed by atoms with E-state index in [2.05, 4.69) is 20.3 Å². The number of hydrogen-bond acceptors (Lipinski definition) is 11. The van der Waals surface area contributed by atoms with E-state index in [0.29, 0.717) is 38.0 Å². The summed E-state index contributed by atoms with van der Waals surface area (Å²) >= 11 is 0. The quantitative estimate of drug-likeness (QED) is 0.306. The molecule has 0 bridgehead atoms. The molecule has 2 aliphatic carbocycles. The molecular formula is C39H50F3N5O10S. The van der Waals surface area contributed by atoms with Crippen LogP contribution >= 0.6 is 0 Å². The van der Waals surface area contributed by atoms with E-state index in [4.69, 9.17) is 18.9 Å². The maximum Gasteiger partial charge on any atom is 0.408 e. The van der Waals surface area contributed by atoms with Gasteiger partial charge in [-0.25, -0.2) is 31.4 Å². The highest BCUT2D eigenvalue weighted by atomic mass is 32.2. The van der Waals surface area contributed by atoms with Gasteiger partial charge in [0.25, 0.3) is 11.8 Å². The molecule has 0 spiro atoms. The Morgan fingerprint density at radius 3 is 2.50 bits per heavy atom. The Kier molecular flexibility index (Phi) is 11.5. The van der Waals surface area contributed by atoms with Crippen LogP contribution in [0.2, 0.25) is 0 Å². The summed E-state index contributed by atoms with van der Waals surface area (Å²) in [5, 5.41) is 5.93. The smallest absolute Gasteiger partial charge is 0.408 e. The Balaban J connectivity index is 1.36. The Bertz CT molecular complexity index is 2110. The molecule has 318 valence electrons. The molecule has 1 aromatic carbocycles. The molecule has 3 fully saturated rings. The predicted octanol–water partition coefficient (Wildman–Crippen LogP) is 4.28. The minimum atomic E-state index is -4.10. The third-order valence-electron chi connectivity index (χ3n) is 11.7. The molecule has 58 heavy (non-hydrogen) atoms. The number of rotatable bonds is 9. The van der Waals surface area contributed by atoms with Crippen LogP contribution in [0.3, 0.4) is 0 Å². The summed E-state index contributed by atoms with van der Waals surface area (Å²) in [6.07, 6.45) is 2.49. The Morgan fingerprint density at radius 2 is 1.84 bits per heavy atom. The van der Waals surface area contributed by atoms with Gasteiger partial charge in [-0.1, -0.05) is 12.2 Å². The number of hydrogen-bond donors (Lipinski definition) is 3. The number of allylic oxidation sites excluding steroid dienone is 1. The molecule has 4 amide bonds. The summed E-state index contributed by atoms with van der Waals surface area (Å²) < 4.78 is 93.6. The van der Waals surface area contributed by atoms with Crippen molar-refractivity contribution < 1.29 is 59.7 Å². The lowest BCUT2D eigenvalue weighted by Gasteiger charge is -2.35. The average Bonchev–Trinajstić information content (AvgIpc) is 4.01. The molecule has 2 aliphatic heterocycles. The first-order chi connectivity index (χ1) is 27.0. The summed E-state index contributed by atoms with van der Waals surface area (Å²) in [5.74, 6) is -7.40. The van der Waals surface area contributed by atoms with Crippen LogP contribution in [0.1, 0.15) is 80.1 Å². The Hall–Kier alpha value is -4.65. The predicted molar refractivity (Wildman–Crippen MR) is 203 cm³/mol. The zero-order valence-electron chi connectivity index (χ0n) is 33.4. The molecule has 15 nitrogen and oxygen atoms in total. The molecule has 6 rings (SSSR count). The van der Waals surface area contributed by atoms with E-state index in [9.17, 15) is 40.8 Å². The van der Waals surface area contributed by atoms with Gasteiger partial charge in [0, 0.05) is 30.8 Å². The molecule has 4 aliphatic rings. The highest BCUT2D eigenvalue weighted by Gasteiger charge is 2.63. The van der Waals surface area contributed by atoms with Gasteiger partial charge in [-0.2, -0.15) is 0 Å². The number of fused-ring (bicyclic) bond motifs is 3. The van der Waals surface area contributed by atoms with Gasteiger partial charge in [-0.15, -0.1) is 0 Å². The van der Waals surface area contributed by atoms with Gasteiger partial charge in [-0.05, 0) is 90.3 Å². The van der Waals surface area contributed by atoms with E-state index in [1.807, 2.05) is 0 Å². The molecule has 3 heterocycles. The molecular weight excluding hydrogens is 788 g/mol. The first-order valence-corrected chi connectivity index (χ1v) is 20.7. The van der Waals surface area contributed by atoms with E-state index in [1.54, 1.807) is 25.1 Å². The number of carbonyl (C=O) groups excluding carboxylic acids is 4. The number of aromatic nitrogens is 1. The van der Waals surface area contributed by atoms with E-state index >= 15 is 0 Å². The SMILES string of the molecule is COc1cc2ccnc(OC3CC4C(=O)NC5(C(=O)NS(=O)(=O)C6(C)CC6)CC5C=CCCC(C)OC(C)C(NC(=O)OC(C)(C)C(C)(F)F)C(=O)N4C3)c2cc1F. The summed E-state index contributed by atoms with van der Waals surface area (Å²) in [6, 6.07) is 1.27. The summed E-state index contributed by atoms with van der Waals surface area (Å²) in [7, 11) is -2.78. The Morgan fingerprint density at radius 1 is 1.14 bits per heavy atom. The van der Waals surface area contributed by atoms with Crippen LogP contribution in [-0.4, -0.2) is 108 Å². The molecule has 1 saturated heterocycles. The average molecular weight is 838 g/mol. The molecule has 1 aromatic heterocycles. The first-order valence-electron chi connectivity index (χ1n) is 19.2. The fraction of sp³-hybridized carbons (Fsp3) is 0.615. The van der Waals surface area contributed by atoms with Crippen LogP contribution in [0.25, 0.3) is 10.8 Å². The second-order valence-electron chi connectivity index (χ2n) is 16.5. The van der Waals surface area contributed by atoms with Crippen LogP contribution < -0.4 is 24.8 Å². The van der Waals surface area contributed by atoms with Crippen molar-refractivity contribution >= 4 is 44.6 Å². The molecule has 2 saturated carbocycles. The second-order valence-corrected chi connectivity index (χ2v) is 18.7. The van der Waals surface area contributed by atoms with Crippen molar-refractivity contribution in [2.75, 3.05) is 13.7 Å². The van der Waals surface area contributed by atoms with Gasteiger partial charge < -0.3 is 34.5 Å². The number of halogens is 3. The number of alkyl carbamates (subject to hydrolysis) is 1. The fourth-order valence-corrected chi connectivity index (χ4v) is 8.45. The van der Waals surface area contributed by atoms with Crippen LogP contribution in [0.15, 0.2) is 36.5 Å². The van der Waals surface area contributed by atoms with Crippen molar-refractivity contribution in [3.63, 3.8) is 0 Å². The number of methoxy groups -OCH3 is 1. The van der Waals surface area contributed by atoms with Crippen LogP contribution in [-0.2, 0) is 33.9 Å². The van der Waals surface area contributed by atoms with Crippen molar-refractivity contribution in [1.29, 1.82) is 0 Å². The zero-order chi connectivity index (χ0) is 42.6. The van der Waals surface area contributed by atoms with Gasteiger partial charge in [0.15, 0.2) is 17.2 Å². The molecule has 2 aromatic rings. The number of amides is 4. The summed E-state index contributed by atoms with van der Waals surface area (Å²) in [6.45, 7) is 7.08. The van der Waals surface area contributed by atoms with Crippen molar-refractivity contribution in [2.24, 2.45) is 5.92 Å². The number of alkyl halides is 2. The van der Waals surface area contributed by atoms with Crippen LogP contribution in [0.5, 0.6) is 11.6 Å². The molecule has 7 unspecified atom stereocenters. The number of carbonyl (C=O) groups is 4. The lowest BCUT2D eigenvalue weighted by Crippen LogP contribution is -2.60. The minimum Gasteiger partial charge on any atom is -0.494 e. The number of nitrogens with zero attached hydrogens (tertiary/aromatic N) is 2. The summed E-state index contributed by atoms with van der Waals surface area (Å²) in [5.41, 5.74) is -3.96. The van der Waals surface area contributed by atoms with Gasteiger partial charge in [0.1, 0.15) is 23.7 Å².